The van der Waals surface area contributed by atoms with Gasteiger partial charge >= 0.3 is 5.82 Å². The Morgan fingerprint density at radius 2 is 2.27 bits per heavy atom. The number of halogens is 3. The van der Waals surface area contributed by atoms with Crippen molar-refractivity contribution in [2.24, 2.45) is 0 Å². The summed E-state index contributed by atoms with van der Waals surface area (Å²) in [7, 11) is 0. The Hall–Kier alpha value is -1.62. The molecule has 0 atom stereocenters. The first-order valence-electron chi connectivity index (χ1n) is 3.50. The first kappa shape index (κ1) is 11.5. The van der Waals surface area contributed by atoms with E-state index >= 15 is 0 Å². The molecule has 0 N–H and O–H groups in total. The van der Waals surface area contributed by atoms with Crippen LogP contribution in [0.2, 0.25) is 0 Å². The maximum absolute atomic E-state index is 12.4. The van der Waals surface area contributed by atoms with E-state index < -0.39 is 22.7 Å². The van der Waals surface area contributed by atoms with Crippen molar-refractivity contribution in [2.75, 3.05) is 0 Å². The fraction of sp³-hybridized carbons (Fsp3) is 0.143. The third kappa shape index (κ3) is 2.24. The number of rotatable bonds is 2. The maximum Gasteiger partial charge on any atom is 0.374 e. The van der Waals surface area contributed by atoms with E-state index in [1.54, 1.807) is 0 Å². The molecule has 0 spiro atoms. The first-order valence-corrected chi connectivity index (χ1v) is 4.29. The van der Waals surface area contributed by atoms with Crippen LogP contribution in [0.5, 0.6) is 0 Å². The predicted octanol–water partition coefficient (Wildman–Crippen LogP) is 2.56. The molecule has 78 valence electrons. The number of alkyl halides is 2. The molecule has 0 aliphatic carbocycles. The second-order valence-electron chi connectivity index (χ2n) is 2.40. The van der Waals surface area contributed by atoms with Gasteiger partial charge < -0.3 is 10.1 Å². The second-order valence-corrected chi connectivity index (χ2v) is 3.25. The van der Waals surface area contributed by atoms with Crippen LogP contribution in [-0.2, 0) is 0 Å². The van der Waals surface area contributed by atoms with E-state index in [-0.39, 0.29) is 10.2 Å². The number of hydrogen-bond donors (Lipinski definition) is 0. The van der Waals surface area contributed by atoms with Crippen LogP contribution in [0.25, 0.3) is 0 Å². The monoisotopic (exact) mass is 277 g/mol. The summed E-state index contributed by atoms with van der Waals surface area (Å²) in [5.74, 6) is -1.00. The van der Waals surface area contributed by atoms with Crippen LogP contribution in [0, 0.1) is 21.4 Å². The molecule has 0 aliphatic heterocycles. The van der Waals surface area contributed by atoms with Crippen molar-refractivity contribution in [3.05, 3.63) is 31.9 Å². The van der Waals surface area contributed by atoms with Gasteiger partial charge in [-0.05, 0) is 25.8 Å². The Bertz CT molecular complexity index is 458. The van der Waals surface area contributed by atoms with Gasteiger partial charge in [0.15, 0.2) is 0 Å². The van der Waals surface area contributed by atoms with Gasteiger partial charge in [0.1, 0.15) is 11.6 Å². The van der Waals surface area contributed by atoms with Gasteiger partial charge in [0, 0.05) is 10.5 Å². The zero-order valence-electron chi connectivity index (χ0n) is 6.95. The quantitative estimate of drug-likeness (QED) is 0.615. The Balaban J connectivity index is 3.51. The standard InChI is InChI=1S/C7H2BrF2N3O2/c8-4-1-3(2-11)12-7(13(14)15)5(4)6(9)10/h1,6H. The number of nitriles is 1. The summed E-state index contributed by atoms with van der Waals surface area (Å²) in [4.78, 5) is 12.6. The minimum Gasteiger partial charge on any atom is -0.358 e. The van der Waals surface area contributed by atoms with Crippen molar-refractivity contribution in [3.8, 4) is 6.07 Å². The minimum absolute atomic E-state index is 0.198. The highest BCUT2D eigenvalue weighted by Crippen LogP contribution is 2.34. The number of aromatic nitrogens is 1. The average Bonchev–Trinajstić information content (AvgIpc) is 2.15. The maximum atomic E-state index is 12.4. The number of nitrogens with zero attached hydrogens (tertiary/aromatic N) is 3. The molecule has 0 fully saturated rings. The van der Waals surface area contributed by atoms with Gasteiger partial charge in [0.05, 0.1) is 0 Å². The Kier molecular flexibility index (Phi) is 3.26. The lowest BCUT2D eigenvalue weighted by Gasteiger charge is -2.03. The van der Waals surface area contributed by atoms with Crippen LogP contribution >= 0.6 is 15.9 Å². The van der Waals surface area contributed by atoms with Crippen molar-refractivity contribution in [2.45, 2.75) is 6.43 Å². The zero-order valence-corrected chi connectivity index (χ0v) is 8.53. The van der Waals surface area contributed by atoms with Gasteiger partial charge in [-0.15, -0.1) is 0 Å². The zero-order chi connectivity index (χ0) is 11.6. The van der Waals surface area contributed by atoms with Crippen molar-refractivity contribution in [1.29, 1.82) is 5.26 Å². The van der Waals surface area contributed by atoms with E-state index in [9.17, 15) is 18.9 Å². The van der Waals surface area contributed by atoms with Crippen LogP contribution in [0.1, 0.15) is 17.7 Å². The molecule has 0 aliphatic rings. The molecular weight excluding hydrogens is 276 g/mol. The van der Waals surface area contributed by atoms with Gasteiger partial charge in [0.2, 0.25) is 0 Å². The third-order valence-corrected chi connectivity index (χ3v) is 2.15. The van der Waals surface area contributed by atoms with Crippen LogP contribution in [0.3, 0.4) is 0 Å². The van der Waals surface area contributed by atoms with E-state index in [1.165, 1.54) is 6.07 Å². The van der Waals surface area contributed by atoms with E-state index in [0.717, 1.165) is 6.07 Å². The van der Waals surface area contributed by atoms with E-state index in [4.69, 9.17) is 5.26 Å². The number of hydrogen-bond acceptors (Lipinski definition) is 4. The molecule has 1 aromatic rings. The molecule has 0 saturated heterocycles. The van der Waals surface area contributed by atoms with E-state index in [1.807, 2.05) is 0 Å². The summed E-state index contributed by atoms with van der Waals surface area (Å²) in [5.41, 5.74) is -1.11. The smallest absolute Gasteiger partial charge is 0.358 e. The number of nitro groups is 1. The third-order valence-electron chi connectivity index (χ3n) is 1.49. The van der Waals surface area contributed by atoms with Crippen molar-refractivity contribution in [1.82, 2.24) is 4.98 Å². The highest BCUT2D eigenvalue weighted by molar-refractivity contribution is 9.10. The Labute approximate surface area is 90.6 Å². The Morgan fingerprint density at radius 1 is 1.67 bits per heavy atom. The lowest BCUT2D eigenvalue weighted by atomic mass is 10.2. The van der Waals surface area contributed by atoms with Gasteiger partial charge in [0.25, 0.3) is 12.1 Å². The van der Waals surface area contributed by atoms with Gasteiger partial charge in [-0.2, -0.15) is 5.26 Å². The van der Waals surface area contributed by atoms with Crippen LogP contribution in [0.15, 0.2) is 10.5 Å². The van der Waals surface area contributed by atoms with Crippen molar-refractivity contribution < 1.29 is 13.7 Å². The fourth-order valence-corrected chi connectivity index (χ4v) is 1.48. The highest BCUT2D eigenvalue weighted by Gasteiger charge is 2.28. The second kappa shape index (κ2) is 4.27. The summed E-state index contributed by atoms with van der Waals surface area (Å²) in [6.45, 7) is 0. The molecule has 8 heteroatoms. The van der Waals surface area contributed by atoms with Gasteiger partial charge in [-0.1, -0.05) is 0 Å². The SMILES string of the molecule is N#Cc1cc(Br)c(C(F)F)c([N+](=O)[O-])n1. The molecule has 0 saturated carbocycles. The normalized spacial score (nSPS) is 10.1. The van der Waals surface area contributed by atoms with Crippen LogP contribution in [-0.4, -0.2) is 9.91 Å². The molecule has 15 heavy (non-hydrogen) atoms. The predicted molar refractivity (Wildman–Crippen MR) is 48.3 cm³/mol. The van der Waals surface area contributed by atoms with Crippen molar-refractivity contribution >= 4 is 21.7 Å². The molecule has 0 bridgehead atoms. The molecule has 0 aromatic carbocycles. The fourth-order valence-electron chi connectivity index (χ4n) is 0.909. The molecule has 1 heterocycles. The average molecular weight is 278 g/mol. The molecule has 1 rings (SSSR count). The summed E-state index contributed by atoms with van der Waals surface area (Å²) in [5, 5.41) is 18.9. The summed E-state index contributed by atoms with van der Waals surface area (Å²) in [6, 6.07) is 2.55. The van der Waals surface area contributed by atoms with Crippen LogP contribution in [0.4, 0.5) is 14.6 Å². The van der Waals surface area contributed by atoms with Crippen molar-refractivity contribution in [3.63, 3.8) is 0 Å². The minimum atomic E-state index is -3.03. The lowest BCUT2D eigenvalue weighted by molar-refractivity contribution is -0.391. The van der Waals surface area contributed by atoms with E-state index in [0.29, 0.717) is 0 Å². The molecule has 5 nitrogen and oxygen atoms in total. The van der Waals surface area contributed by atoms with E-state index in [2.05, 4.69) is 20.9 Å². The molecule has 1 aromatic heterocycles. The lowest BCUT2D eigenvalue weighted by Crippen LogP contribution is -2.02. The molecule has 0 radical (unpaired) electrons. The Morgan fingerprint density at radius 3 is 2.67 bits per heavy atom. The van der Waals surface area contributed by atoms with Gasteiger partial charge in [-0.3, -0.25) is 0 Å². The van der Waals surface area contributed by atoms with Gasteiger partial charge in [-0.25, -0.2) is 8.78 Å². The largest absolute Gasteiger partial charge is 0.374 e. The molecule has 0 unspecified atom stereocenters. The molecule has 0 amide bonds. The first-order chi connectivity index (χ1) is 6.97. The summed E-state index contributed by atoms with van der Waals surface area (Å²) >= 11 is 2.73. The van der Waals surface area contributed by atoms with Crippen LogP contribution < -0.4 is 0 Å². The number of pyridine rings is 1. The summed E-state index contributed by atoms with van der Waals surface area (Å²) < 4.78 is 24.7. The molecular formula is C7H2BrF2N3O2. The highest BCUT2D eigenvalue weighted by atomic mass is 79.9. The summed E-state index contributed by atoms with van der Waals surface area (Å²) in [6.07, 6.45) is -3.03. The topological polar surface area (TPSA) is 79.8 Å².